The van der Waals surface area contributed by atoms with Gasteiger partial charge in [0.05, 0.1) is 0 Å². The SMILES string of the molecule is [Mo].[Mo].[O]=[Mo]=[O].[O]=[Mo]=[O].[S-][S-]. The summed E-state index contributed by atoms with van der Waals surface area (Å²) >= 11 is 3.27. The van der Waals surface area contributed by atoms with Gasteiger partial charge in [-0.25, -0.2) is 0 Å². The van der Waals surface area contributed by atoms with Gasteiger partial charge in [-0.1, -0.05) is 0 Å². The summed E-state index contributed by atoms with van der Waals surface area (Å²) in [5.74, 6) is 0. The van der Waals surface area contributed by atoms with E-state index in [0.29, 0.717) is 0 Å². The van der Waals surface area contributed by atoms with E-state index in [2.05, 4.69) is 23.3 Å². The first-order valence-electron chi connectivity index (χ1n) is 0.833. The largest absolute Gasteiger partial charge is 1.00 e. The van der Waals surface area contributed by atoms with Crippen LogP contribution in [-0.2, 0) is 116 Å². The van der Waals surface area contributed by atoms with Crippen LogP contribution in [0.3, 0.4) is 0 Å². The van der Waals surface area contributed by atoms with Crippen LogP contribution in [0.1, 0.15) is 0 Å². The van der Waals surface area contributed by atoms with E-state index in [-0.39, 0.29) is 42.1 Å². The molecule has 0 amide bonds. The molecule has 0 aliphatic heterocycles. The van der Waals surface area contributed by atoms with Gasteiger partial charge in [0.2, 0.25) is 0 Å². The van der Waals surface area contributed by atoms with E-state index in [4.69, 9.17) is 13.6 Å². The van der Waals surface area contributed by atoms with Crippen molar-refractivity contribution in [2.75, 3.05) is 0 Å². The Kier molecular flexibility index (Phi) is 179. The van der Waals surface area contributed by atoms with Crippen LogP contribution >= 0.6 is 0 Å². The van der Waals surface area contributed by atoms with Crippen LogP contribution in [0.15, 0.2) is 0 Å². The summed E-state index contributed by atoms with van der Waals surface area (Å²) in [6.45, 7) is 0. The van der Waals surface area contributed by atoms with E-state index in [9.17, 15) is 0 Å². The first kappa shape index (κ1) is 29.3. The molecule has 0 fully saturated rings. The monoisotopic (exact) mass is 520 g/mol. The second-order valence-corrected chi connectivity index (χ2v) is 0.805. The molecule has 0 atom stereocenters. The first-order valence-corrected chi connectivity index (χ1v) is 5.44. The molecule has 0 unspecified atom stereocenters. The minimum atomic E-state index is -2.03. The molecule has 62 valence electrons. The van der Waals surface area contributed by atoms with Crippen molar-refractivity contribution in [3.8, 4) is 0 Å². The van der Waals surface area contributed by atoms with Gasteiger partial charge in [-0.2, -0.15) is 0 Å². The van der Waals surface area contributed by atoms with Crippen LogP contribution in [-0.4, -0.2) is 0 Å². The van der Waals surface area contributed by atoms with E-state index in [1.807, 2.05) is 0 Å². The Hall–Kier alpha value is 2.65. The van der Waals surface area contributed by atoms with E-state index < -0.39 is 37.0 Å². The maximum Gasteiger partial charge on any atom is -1.00 e. The minimum absolute atomic E-state index is 0. The molecule has 0 N–H and O–H groups in total. The van der Waals surface area contributed by atoms with Crippen LogP contribution in [0.4, 0.5) is 0 Å². The van der Waals surface area contributed by atoms with Crippen molar-refractivity contribution in [1.29, 1.82) is 0 Å². The zero-order chi connectivity index (χ0) is 7.41. The van der Waals surface area contributed by atoms with E-state index in [1.54, 1.807) is 0 Å². The van der Waals surface area contributed by atoms with Gasteiger partial charge >= 0.3 is 50.6 Å². The quantitative estimate of drug-likeness (QED) is 0.248. The fraction of sp³-hybridized carbons (Fsp3) is 0. The normalized spacial score (nSPS) is 3.00. The number of rotatable bonds is 0. The molecular formula is Mo4O4S2-2. The van der Waals surface area contributed by atoms with Crippen molar-refractivity contribution in [3.63, 3.8) is 0 Å². The molecule has 0 bridgehead atoms. The van der Waals surface area contributed by atoms with Crippen LogP contribution in [0.5, 0.6) is 0 Å². The van der Waals surface area contributed by atoms with Crippen LogP contribution in [0.25, 0.3) is 0 Å². The second kappa shape index (κ2) is 61.1. The van der Waals surface area contributed by atoms with Gasteiger partial charge in [-0.3, -0.25) is 0 Å². The Morgan fingerprint density at radius 2 is 0.700 bits per heavy atom. The summed E-state index contributed by atoms with van der Waals surface area (Å²) in [5.41, 5.74) is 0. The van der Waals surface area contributed by atoms with Crippen LogP contribution < -0.4 is 0 Å². The van der Waals surface area contributed by atoms with Gasteiger partial charge in [-0.05, 0) is 0 Å². The summed E-state index contributed by atoms with van der Waals surface area (Å²) in [4.78, 5) is 0. The van der Waals surface area contributed by atoms with E-state index >= 15 is 0 Å². The standard InChI is InChI=1S/4Mo.4O.S2/c;;;;;;;;1-2/q;;;;;;;;-2. The fourth-order valence-electron chi connectivity index (χ4n) is 0. The van der Waals surface area contributed by atoms with Gasteiger partial charge in [0, 0.05) is 42.1 Å². The zero-order valence-electron chi connectivity index (χ0n) is 4.08. The van der Waals surface area contributed by atoms with E-state index in [1.165, 1.54) is 0 Å². The molecule has 10 heavy (non-hydrogen) atoms. The molecule has 4 nitrogen and oxygen atoms in total. The van der Waals surface area contributed by atoms with Crippen molar-refractivity contribution in [3.05, 3.63) is 0 Å². The molecule has 0 radical (unpaired) electrons. The van der Waals surface area contributed by atoms with Crippen molar-refractivity contribution in [2.24, 2.45) is 0 Å². The maximum atomic E-state index is 8.50. The van der Waals surface area contributed by atoms with Crippen molar-refractivity contribution in [2.45, 2.75) is 0 Å². The third kappa shape index (κ3) is 141. The predicted octanol–water partition coefficient (Wildman–Crippen LogP) is -0.490. The van der Waals surface area contributed by atoms with Gasteiger partial charge in [0.1, 0.15) is 0 Å². The molecule has 0 heterocycles. The van der Waals surface area contributed by atoms with Crippen LogP contribution in [0.2, 0.25) is 0 Å². The molecular weight excluding hydrogens is 512 g/mol. The first-order chi connectivity index (χ1) is 3.83. The van der Waals surface area contributed by atoms with Gasteiger partial charge in [0.25, 0.3) is 0 Å². The molecule has 0 saturated carbocycles. The third-order valence-corrected chi connectivity index (χ3v) is 0. The average molecular weight is 512 g/mol. The maximum absolute atomic E-state index is 8.50. The molecule has 0 aromatic heterocycles. The Bertz CT molecular complexity index is 69.3. The molecule has 10 heteroatoms. The number of hydrogen-bond donors (Lipinski definition) is 0. The topological polar surface area (TPSA) is 68.3 Å². The third-order valence-electron chi connectivity index (χ3n) is 0. The summed E-state index contributed by atoms with van der Waals surface area (Å²) in [5, 5.41) is 0. The average Bonchev–Trinajstić information content (AvgIpc) is 1.75. The van der Waals surface area contributed by atoms with Crippen LogP contribution in [0, 0.1) is 0 Å². The fourth-order valence-corrected chi connectivity index (χ4v) is 0. The molecule has 0 saturated heterocycles. The Labute approximate surface area is 114 Å². The number of hydrogen-bond acceptors (Lipinski definition) is 6. The summed E-state index contributed by atoms with van der Waals surface area (Å²) in [7, 11) is 0. The van der Waals surface area contributed by atoms with Crippen molar-refractivity contribution in [1.82, 2.24) is 0 Å². The van der Waals surface area contributed by atoms with E-state index in [0.717, 1.165) is 0 Å². The van der Waals surface area contributed by atoms with Gasteiger partial charge in [0.15, 0.2) is 0 Å². The zero-order valence-corrected chi connectivity index (χ0v) is 13.7. The van der Waals surface area contributed by atoms with Crippen molar-refractivity contribution < 1.29 is 92.7 Å². The van der Waals surface area contributed by atoms with Gasteiger partial charge < -0.3 is 23.3 Å². The smallest absolute Gasteiger partial charge is 1.00 e. The summed E-state index contributed by atoms with van der Waals surface area (Å²) < 4.78 is 34.0. The summed E-state index contributed by atoms with van der Waals surface area (Å²) in [6.07, 6.45) is 0. The molecule has 0 aromatic carbocycles. The Morgan fingerprint density at radius 3 is 0.700 bits per heavy atom. The Balaban J connectivity index is -0.0000000116. The molecule has 0 aliphatic rings. The second-order valence-electron chi connectivity index (χ2n) is 0.136. The predicted molar refractivity (Wildman–Crippen MR) is 17.5 cm³/mol. The Morgan fingerprint density at radius 1 is 0.700 bits per heavy atom. The molecule has 0 rings (SSSR count). The minimum Gasteiger partial charge on any atom is -1.00 e. The molecule has 0 aromatic rings. The molecule has 0 aliphatic carbocycles. The van der Waals surface area contributed by atoms with Crippen molar-refractivity contribution >= 4 is 23.3 Å². The summed E-state index contributed by atoms with van der Waals surface area (Å²) in [6, 6.07) is 0. The van der Waals surface area contributed by atoms with Gasteiger partial charge in [-0.15, -0.1) is 0 Å². The molecule has 0 spiro atoms.